The molecule has 3 aromatic carbocycles. The third-order valence-corrected chi connectivity index (χ3v) is 5.90. The lowest BCUT2D eigenvalue weighted by Gasteiger charge is -2.09. The molecule has 1 aromatic heterocycles. The van der Waals surface area contributed by atoms with Crippen LogP contribution in [0.3, 0.4) is 0 Å². The molecule has 8 heteroatoms. The van der Waals surface area contributed by atoms with Gasteiger partial charge in [0.1, 0.15) is 5.69 Å². The summed E-state index contributed by atoms with van der Waals surface area (Å²) in [5, 5.41) is 5.23. The fourth-order valence-electron chi connectivity index (χ4n) is 3.38. The molecule has 1 heterocycles. The number of sulfonamides is 1. The molecule has 0 radical (unpaired) electrons. The van der Waals surface area contributed by atoms with Gasteiger partial charge in [-0.25, -0.2) is 18.5 Å². The summed E-state index contributed by atoms with van der Waals surface area (Å²) in [6.45, 7) is 0. The monoisotopic (exact) mass is 450 g/mol. The summed E-state index contributed by atoms with van der Waals surface area (Å²) in [6, 6.07) is 21.6. The molecule has 7 nitrogen and oxygen atoms in total. The molecule has 164 valence electrons. The highest BCUT2D eigenvalue weighted by atomic mass is 32.2. The third-order valence-electron chi connectivity index (χ3n) is 4.97. The summed E-state index contributed by atoms with van der Waals surface area (Å²) >= 11 is 0. The zero-order chi connectivity index (χ0) is 22.7. The van der Waals surface area contributed by atoms with Gasteiger partial charge >= 0.3 is 0 Å². The van der Waals surface area contributed by atoms with Crippen molar-refractivity contribution < 1.29 is 22.3 Å². The molecule has 0 unspecified atom stereocenters. The van der Waals surface area contributed by atoms with Crippen LogP contribution < -0.4 is 14.6 Å². The zero-order valence-electron chi connectivity index (χ0n) is 17.6. The van der Waals surface area contributed by atoms with Gasteiger partial charge in [0.05, 0.1) is 19.1 Å². The molecule has 0 amide bonds. The lowest BCUT2D eigenvalue weighted by molar-refractivity contribution is 0.355. The highest BCUT2D eigenvalue weighted by Gasteiger charge is 2.19. The second-order valence-electron chi connectivity index (χ2n) is 7.09. The van der Waals surface area contributed by atoms with Crippen LogP contribution in [-0.4, -0.2) is 27.6 Å². The number of hydrogen-bond donors (Lipinski definition) is 1. The standard InChI is InChI=1S/C24H22N2O5S/c1-29-20-13-10-18(15-21(20)30-2)23-24(17-8-11-19(12-9-17)32(25,27)28)31-22(26-23)14-16-6-4-3-5-7-16/h3-13,15H,14H2,1-2H3,(H2,25,27,28). The third kappa shape index (κ3) is 4.51. The maximum atomic E-state index is 11.6. The first-order chi connectivity index (χ1) is 15.4. The van der Waals surface area contributed by atoms with Crippen LogP contribution in [0.5, 0.6) is 11.5 Å². The summed E-state index contributed by atoms with van der Waals surface area (Å²) in [7, 11) is -0.652. The smallest absolute Gasteiger partial charge is 0.238 e. The van der Waals surface area contributed by atoms with Crippen LogP contribution >= 0.6 is 0 Å². The Kier molecular flexibility index (Phi) is 5.98. The number of rotatable bonds is 7. The van der Waals surface area contributed by atoms with E-state index in [2.05, 4.69) is 0 Å². The van der Waals surface area contributed by atoms with Gasteiger partial charge in [-0.15, -0.1) is 0 Å². The van der Waals surface area contributed by atoms with E-state index in [4.69, 9.17) is 24.0 Å². The van der Waals surface area contributed by atoms with Gasteiger partial charge < -0.3 is 13.9 Å². The first-order valence-electron chi connectivity index (χ1n) is 9.78. The lowest BCUT2D eigenvalue weighted by atomic mass is 10.1. The molecule has 0 fully saturated rings. The Balaban J connectivity index is 1.82. The van der Waals surface area contributed by atoms with Gasteiger partial charge in [-0.05, 0) is 48.0 Å². The van der Waals surface area contributed by atoms with Gasteiger partial charge in [-0.1, -0.05) is 30.3 Å². The normalized spacial score (nSPS) is 11.3. The first kappa shape index (κ1) is 21.6. The number of nitrogens with zero attached hydrogens (tertiary/aromatic N) is 1. The molecule has 0 aliphatic heterocycles. The second-order valence-corrected chi connectivity index (χ2v) is 8.65. The average Bonchev–Trinajstić information content (AvgIpc) is 3.22. The highest BCUT2D eigenvalue weighted by Crippen LogP contribution is 2.37. The maximum absolute atomic E-state index is 11.6. The van der Waals surface area contributed by atoms with Crippen LogP contribution in [0.2, 0.25) is 0 Å². The van der Waals surface area contributed by atoms with Crippen molar-refractivity contribution in [1.82, 2.24) is 4.98 Å². The van der Waals surface area contributed by atoms with E-state index in [1.54, 1.807) is 32.4 Å². The molecule has 4 rings (SSSR count). The molecular weight excluding hydrogens is 428 g/mol. The van der Waals surface area contributed by atoms with Gasteiger partial charge in [-0.2, -0.15) is 0 Å². The summed E-state index contributed by atoms with van der Waals surface area (Å²) in [5.41, 5.74) is 3.12. The van der Waals surface area contributed by atoms with Crippen molar-refractivity contribution in [3.63, 3.8) is 0 Å². The topological polar surface area (TPSA) is 105 Å². The Hall–Kier alpha value is -3.62. The number of nitrogens with two attached hydrogens (primary N) is 1. The SMILES string of the molecule is COc1ccc(-c2nc(Cc3ccccc3)oc2-c2ccc(S(N)(=O)=O)cc2)cc1OC. The molecular formula is C24H22N2O5S. The van der Waals surface area contributed by atoms with E-state index in [1.165, 1.54) is 12.1 Å². The Labute approximate surface area is 186 Å². The summed E-state index contributed by atoms with van der Waals surface area (Å²) in [5.74, 6) is 2.21. The van der Waals surface area contributed by atoms with E-state index in [0.717, 1.165) is 11.1 Å². The van der Waals surface area contributed by atoms with Crippen molar-refractivity contribution in [2.45, 2.75) is 11.3 Å². The number of aromatic nitrogens is 1. The number of methoxy groups -OCH3 is 2. The predicted molar refractivity (Wildman–Crippen MR) is 121 cm³/mol. The van der Waals surface area contributed by atoms with Crippen LogP contribution in [-0.2, 0) is 16.4 Å². The quantitative estimate of drug-likeness (QED) is 0.451. The minimum Gasteiger partial charge on any atom is -0.493 e. The molecule has 0 saturated carbocycles. The Morgan fingerprint density at radius 2 is 1.53 bits per heavy atom. The second kappa shape index (κ2) is 8.86. The van der Waals surface area contributed by atoms with Crippen LogP contribution in [0.1, 0.15) is 11.5 Å². The predicted octanol–water partition coefficient (Wildman–Crippen LogP) is 4.26. The Bertz CT molecular complexity index is 1330. The van der Waals surface area contributed by atoms with Gasteiger partial charge in [-0.3, -0.25) is 0 Å². The largest absolute Gasteiger partial charge is 0.493 e. The first-order valence-corrected chi connectivity index (χ1v) is 11.3. The fraction of sp³-hybridized carbons (Fsp3) is 0.125. The summed E-state index contributed by atoms with van der Waals surface area (Å²) < 4.78 is 40.2. The average molecular weight is 451 g/mol. The summed E-state index contributed by atoms with van der Waals surface area (Å²) in [6.07, 6.45) is 0.510. The van der Waals surface area contributed by atoms with Gasteiger partial charge in [0, 0.05) is 17.5 Å². The van der Waals surface area contributed by atoms with E-state index in [9.17, 15) is 8.42 Å². The van der Waals surface area contributed by atoms with Crippen LogP contribution in [0.4, 0.5) is 0 Å². The number of primary sulfonamides is 1. The van der Waals surface area contributed by atoms with Crippen LogP contribution in [0, 0.1) is 0 Å². The van der Waals surface area contributed by atoms with E-state index < -0.39 is 10.0 Å². The fourth-order valence-corrected chi connectivity index (χ4v) is 3.90. The van der Waals surface area contributed by atoms with Crippen molar-refractivity contribution in [3.8, 4) is 34.1 Å². The van der Waals surface area contributed by atoms with E-state index in [0.29, 0.717) is 40.8 Å². The van der Waals surface area contributed by atoms with Crippen molar-refractivity contribution >= 4 is 10.0 Å². The van der Waals surface area contributed by atoms with Crippen molar-refractivity contribution in [3.05, 3.63) is 84.3 Å². The molecule has 32 heavy (non-hydrogen) atoms. The van der Waals surface area contributed by atoms with Crippen LogP contribution in [0.15, 0.2) is 82.1 Å². The minimum absolute atomic E-state index is 0.0259. The molecule has 0 spiro atoms. The molecule has 0 atom stereocenters. The summed E-state index contributed by atoms with van der Waals surface area (Å²) in [4.78, 5) is 4.77. The highest BCUT2D eigenvalue weighted by molar-refractivity contribution is 7.89. The van der Waals surface area contributed by atoms with Gasteiger partial charge in [0.2, 0.25) is 10.0 Å². The van der Waals surface area contributed by atoms with Crippen molar-refractivity contribution in [2.24, 2.45) is 5.14 Å². The number of benzene rings is 3. The molecule has 0 saturated heterocycles. The van der Waals surface area contributed by atoms with Gasteiger partial charge in [0.25, 0.3) is 0 Å². The van der Waals surface area contributed by atoms with Crippen LogP contribution in [0.25, 0.3) is 22.6 Å². The van der Waals surface area contributed by atoms with E-state index >= 15 is 0 Å². The number of ether oxygens (including phenoxy) is 2. The van der Waals surface area contributed by atoms with E-state index in [1.807, 2.05) is 42.5 Å². The molecule has 4 aromatic rings. The zero-order valence-corrected chi connectivity index (χ0v) is 18.4. The van der Waals surface area contributed by atoms with Crippen molar-refractivity contribution in [2.75, 3.05) is 14.2 Å². The molecule has 2 N–H and O–H groups in total. The van der Waals surface area contributed by atoms with Crippen molar-refractivity contribution in [1.29, 1.82) is 0 Å². The Morgan fingerprint density at radius 1 is 0.875 bits per heavy atom. The number of hydrogen-bond acceptors (Lipinski definition) is 6. The molecule has 0 aliphatic rings. The number of oxazole rings is 1. The Morgan fingerprint density at radius 3 is 2.16 bits per heavy atom. The lowest BCUT2D eigenvalue weighted by Crippen LogP contribution is -2.11. The van der Waals surface area contributed by atoms with E-state index in [-0.39, 0.29) is 4.90 Å². The maximum Gasteiger partial charge on any atom is 0.238 e. The molecule has 0 aliphatic carbocycles. The van der Waals surface area contributed by atoms with Gasteiger partial charge in [0.15, 0.2) is 23.1 Å². The minimum atomic E-state index is -3.79. The molecule has 0 bridgehead atoms.